The second kappa shape index (κ2) is 2.75. The molecule has 7 nitrogen and oxygen atoms in total. The fourth-order valence-electron chi connectivity index (χ4n) is 0.907. The molecule has 2 rings (SSSR count). The third-order valence-corrected chi connectivity index (χ3v) is 1.99. The molecule has 0 aliphatic carbocycles. The lowest BCUT2D eigenvalue weighted by atomic mass is 10.4. The SMILES string of the molecule is O=c1[nH]c(S(=O)O)nc2[nH]ncc12. The zero-order valence-electron chi connectivity index (χ0n) is 6.14. The van der Waals surface area contributed by atoms with Crippen molar-refractivity contribution in [3.63, 3.8) is 0 Å². The Hall–Kier alpha value is -1.54. The van der Waals surface area contributed by atoms with Crippen LogP contribution in [0.4, 0.5) is 0 Å². The number of aromatic nitrogens is 4. The summed E-state index contributed by atoms with van der Waals surface area (Å²) in [5, 5.41) is 5.97. The van der Waals surface area contributed by atoms with Crippen LogP contribution in [0.2, 0.25) is 0 Å². The van der Waals surface area contributed by atoms with Gasteiger partial charge in [0.1, 0.15) is 5.39 Å². The summed E-state index contributed by atoms with van der Waals surface area (Å²) in [5.41, 5.74) is -0.294. The van der Waals surface area contributed by atoms with E-state index in [1.54, 1.807) is 0 Å². The Morgan fingerprint density at radius 2 is 2.31 bits per heavy atom. The number of rotatable bonds is 1. The van der Waals surface area contributed by atoms with E-state index in [4.69, 9.17) is 4.55 Å². The van der Waals surface area contributed by atoms with Crippen LogP contribution in [0.5, 0.6) is 0 Å². The monoisotopic (exact) mass is 200 g/mol. The first kappa shape index (κ1) is 8.08. The van der Waals surface area contributed by atoms with Crippen molar-refractivity contribution in [1.29, 1.82) is 0 Å². The Balaban J connectivity index is 2.85. The van der Waals surface area contributed by atoms with Gasteiger partial charge in [-0.25, -0.2) is 9.19 Å². The van der Waals surface area contributed by atoms with Crippen molar-refractivity contribution in [3.05, 3.63) is 16.6 Å². The second-order valence-corrected chi connectivity index (χ2v) is 3.14. The summed E-state index contributed by atoms with van der Waals surface area (Å²) in [7, 11) is 0. The molecule has 8 heteroatoms. The summed E-state index contributed by atoms with van der Waals surface area (Å²) in [6.07, 6.45) is 1.30. The van der Waals surface area contributed by atoms with Crippen LogP contribution in [-0.2, 0) is 11.1 Å². The lowest BCUT2D eigenvalue weighted by molar-refractivity contribution is 0.555. The van der Waals surface area contributed by atoms with Crippen LogP contribution < -0.4 is 5.56 Å². The van der Waals surface area contributed by atoms with Crippen molar-refractivity contribution in [3.8, 4) is 0 Å². The van der Waals surface area contributed by atoms with Crippen molar-refractivity contribution >= 4 is 22.1 Å². The summed E-state index contributed by atoms with van der Waals surface area (Å²) in [6.45, 7) is 0. The van der Waals surface area contributed by atoms with Gasteiger partial charge in [0.15, 0.2) is 5.65 Å². The average molecular weight is 200 g/mol. The molecular weight excluding hydrogens is 196 g/mol. The maximum absolute atomic E-state index is 11.2. The molecule has 0 radical (unpaired) electrons. The van der Waals surface area contributed by atoms with Crippen molar-refractivity contribution < 1.29 is 8.76 Å². The van der Waals surface area contributed by atoms with Gasteiger partial charge in [-0.05, 0) is 0 Å². The van der Waals surface area contributed by atoms with E-state index >= 15 is 0 Å². The van der Waals surface area contributed by atoms with Crippen LogP contribution in [0.3, 0.4) is 0 Å². The minimum Gasteiger partial charge on any atom is -0.300 e. The van der Waals surface area contributed by atoms with E-state index in [-0.39, 0.29) is 16.2 Å². The van der Waals surface area contributed by atoms with Crippen LogP contribution in [0, 0.1) is 0 Å². The molecule has 13 heavy (non-hydrogen) atoms. The van der Waals surface area contributed by atoms with Gasteiger partial charge in [-0.2, -0.15) is 5.10 Å². The summed E-state index contributed by atoms with van der Waals surface area (Å²) in [4.78, 5) is 17.0. The van der Waals surface area contributed by atoms with E-state index in [1.165, 1.54) is 6.20 Å². The van der Waals surface area contributed by atoms with Crippen LogP contribution in [0.1, 0.15) is 0 Å². The first-order valence-corrected chi connectivity index (χ1v) is 4.33. The predicted molar refractivity (Wildman–Crippen MR) is 43.5 cm³/mol. The van der Waals surface area contributed by atoms with E-state index < -0.39 is 16.6 Å². The topological polar surface area (TPSA) is 112 Å². The van der Waals surface area contributed by atoms with Gasteiger partial charge in [-0.3, -0.25) is 19.4 Å². The van der Waals surface area contributed by atoms with Crippen LogP contribution in [-0.4, -0.2) is 28.9 Å². The van der Waals surface area contributed by atoms with E-state index in [0.717, 1.165) is 0 Å². The summed E-state index contributed by atoms with van der Waals surface area (Å²) in [5.74, 6) is 0. The zero-order valence-corrected chi connectivity index (χ0v) is 6.96. The largest absolute Gasteiger partial charge is 0.300 e. The predicted octanol–water partition coefficient (Wildman–Crippen LogP) is -0.773. The molecule has 2 aromatic rings. The molecule has 0 bridgehead atoms. The quantitative estimate of drug-likeness (QED) is 0.413. The van der Waals surface area contributed by atoms with E-state index in [1.807, 2.05) is 0 Å². The molecule has 0 saturated carbocycles. The Morgan fingerprint density at radius 1 is 1.54 bits per heavy atom. The summed E-state index contributed by atoms with van der Waals surface area (Å²) >= 11 is -2.29. The van der Waals surface area contributed by atoms with Crippen LogP contribution in [0.15, 0.2) is 16.1 Å². The van der Waals surface area contributed by atoms with E-state index in [0.29, 0.717) is 0 Å². The van der Waals surface area contributed by atoms with Gasteiger partial charge in [0, 0.05) is 0 Å². The Labute approximate surface area is 73.5 Å². The number of nitrogens with one attached hydrogen (secondary N) is 2. The maximum Gasteiger partial charge on any atom is 0.262 e. The van der Waals surface area contributed by atoms with Crippen LogP contribution in [0.25, 0.3) is 11.0 Å². The van der Waals surface area contributed by atoms with Gasteiger partial charge in [0.05, 0.1) is 6.20 Å². The smallest absolute Gasteiger partial charge is 0.262 e. The number of fused-ring (bicyclic) bond motifs is 1. The first-order valence-electron chi connectivity index (χ1n) is 3.23. The third kappa shape index (κ3) is 1.25. The molecule has 0 aliphatic rings. The summed E-state index contributed by atoms with van der Waals surface area (Å²) < 4.78 is 19.2. The molecule has 68 valence electrons. The van der Waals surface area contributed by atoms with Gasteiger partial charge in [0.25, 0.3) is 5.56 Å². The van der Waals surface area contributed by atoms with Crippen LogP contribution >= 0.6 is 0 Å². The Bertz CT molecular complexity index is 530. The molecule has 3 N–H and O–H groups in total. The van der Waals surface area contributed by atoms with Gasteiger partial charge in [0.2, 0.25) is 16.2 Å². The number of hydrogen-bond acceptors (Lipinski definition) is 4. The molecule has 0 saturated heterocycles. The molecular formula is C5H4N4O3S. The number of nitrogens with zero attached hydrogens (tertiary/aromatic N) is 2. The lowest BCUT2D eigenvalue weighted by Gasteiger charge is -1.92. The highest BCUT2D eigenvalue weighted by Gasteiger charge is 2.08. The molecule has 1 unspecified atom stereocenters. The van der Waals surface area contributed by atoms with E-state index in [9.17, 15) is 9.00 Å². The molecule has 0 amide bonds. The second-order valence-electron chi connectivity index (χ2n) is 2.25. The fraction of sp³-hybridized carbons (Fsp3) is 0. The highest BCUT2D eigenvalue weighted by molar-refractivity contribution is 7.79. The lowest BCUT2D eigenvalue weighted by Crippen LogP contribution is -2.11. The van der Waals surface area contributed by atoms with Crippen molar-refractivity contribution in [2.24, 2.45) is 0 Å². The van der Waals surface area contributed by atoms with Crippen molar-refractivity contribution in [2.45, 2.75) is 5.16 Å². The van der Waals surface area contributed by atoms with Crippen molar-refractivity contribution in [2.75, 3.05) is 0 Å². The maximum atomic E-state index is 11.2. The molecule has 2 aromatic heterocycles. The number of hydrogen-bond donors (Lipinski definition) is 3. The molecule has 0 fully saturated rings. The minimum absolute atomic E-state index is 0.196. The standard InChI is InChI=1S/C5H4N4O3S/c10-4-2-1-6-9-3(2)7-5(8-4)13(11)12/h1H,(H,11,12)(H2,6,7,8,9,10). The Morgan fingerprint density at radius 3 is 3.00 bits per heavy atom. The first-order chi connectivity index (χ1) is 6.18. The van der Waals surface area contributed by atoms with Crippen molar-refractivity contribution in [1.82, 2.24) is 20.2 Å². The van der Waals surface area contributed by atoms with Gasteiger partial charge < -0.3 is 0 Å². The Kier molecular flexibility index (Phi) is 1.71. The molecule has 0 aliphatic heterocycles. The van der Waals surface area contributed by atoms with Gasteiger partial charge in [-0.1, -0.05) is 0 Å². The molecule has 2 heterocycles. The van der Waals surface area contributed by atoms with E-state index in [2.05, 4.69) is 20.2 Å². The highest BCUT2D eigenvalue weighted by atomic mass is 32.2. The van der Waals surface area contributed by atoms with Gasteiger partial charge >= 0.3 is 0 Å². The summed E-state index contributed by atoms with van der Waals surface area (Å²) in [6, 6.07) is 0. The fourth-order valence-corrected chi connectivity index (χ4v) is 1.26. The molecule has 0 spiro atoms. The number of aromatic amines is 2. The highest BCUT2D eigenvalue weighted by Crippen LogP contribution is 2.02. The zero-order chi connectivity index (χ0) is 9.42. The average Bonchev–Trinajstić information content (AvgIpc) is 2.51. The molecule has 0 aromatic carbocycles. The number of H-pyrrole nitrogens is 2. The van der Waals surface area contributed by atoms with Gasteiger partial charge in [-0.15, -0.1) is 0 Å². The minimum atomic E-state index is -2.29. The third-order valence-electron chi connectivity index (χ3n) is 1.46. The molecule has 1 atom stereocenters. The normalized spacial score (nSPS) is 13.3.